The third-order valence-electron chi connectivity index (χ3n) is 2.45. The van der Waals surface area contributed by atoms with Crippen LogP contribution in [0.2, 0.25) is 0 Å². The molecule has 84 valence electrons. The highest BCUT2D eigenvalue weighted by Crippen LogP contribution is 2.10. The van der Waals surface area contributed by atoms with Gasteiger partial charge in [0.2, 0.25) is 5.95 Å². The maximum atomic E-state index is 13.3. The smallest absolute Gasteiger partial charge is 0.203 e. The van der Waals surface area contributed by atoms with Gasteiger partial charge in [-0.05, 0) is 13.0 Å². The van der Waals surface area contributed by atoms with E-state index in [0.717, 1.165) is 12.5 Å². The van der Waals surface area contributed by atoms with Gasteiger partial charge >= 0.3 is 0 Å². The second-order valence-electron chi connectivity index (χ2n) is 3.48. The van der Waals surface area contributed by atoms with Gasteiger partial charge in [0.25, 0.3) is 0 Å². The van der Waals surface area contributed by atoms with Crippen LogP contribution in [0.1, 0.15) is 12.5 Å². The zero-order valence-electron chi connectivity index (χ0n) is 9.15. The highest BCUT2D eigenvalue weighted by atomic mass is 19.1. The molecule has 2 aromatic rings. The number of hydrogen-bond acceptors (Lipinski definition) is 2. The van der Waals surface area contributed by atoms with Gasteiger partial charge < -0.3 is 9.88 Å². The number of nitrogens with zero attached hydrogens (tertiary/aromatic N) is 2. The van der Waals surface area contributed by atoms with E-state index in [0.29, 0.717) is 12.1 Å². The molecule has 3 nitrogen and oxygen atoms in total. The number of imidazole rings is 1. The minimum atomic E-state index is -0.190. The Kier molecular flexibility index (Phi) is 3.19. The molecule has 0 fully saturated rings. The molecule has 0 radical (unpaired) electrons. The van der Waals surface area contributed by atoms with E-state index in [1.165, 1.54) is 6.07 Å². The summed E-state index contributed by atoms with van der Waals surface area (Å²) in [6.45, 7) is 3.33. The molecular weight excluding hydrogens is 205 g/mol. The Labute approximate surface area is 93.9 Å². The number of anilines is 1. The number of aryl methyl sites for hydroxylation is 1. The molecule has 4 heteroatoms. The fraction of sp³-hybridized carbons (Fsp3) is 0.250. The largest absolute Gasteiger partial charge is 0.351 e. The number of nitrogens with one attached hydrogen (secondary N) is 1. The summed E-state index contributed by atoms with van der Waals surface area (Å²) in [7, 11) is 0. The number of halogens is 1. The molecule has 16 heavy (non-hydrogen) atoms. The van der Waals surface area contributed by atoms with Gasteiger partial charge in [0.15, 0.2) is 0 Å². The standard InChI is InChI=1S/C12H14FN3/c1-2-16-8-7-14-12(16)15-9-10-5-3-4-6-11(10)13/h3-8H,2,9H2,1H3,(H,14,15). The number of aromatic nitrogens is 2. The Morgan fingerprint density at radius 3 is 2.94 bits per heavy atom. The van der Waals surface area contributed by atoms with Crippen molar-refractivity contribution in [2.45, 2.75) is 20.0 Å². The van der Waals surface area contributed by atoms with Crippen molar-refractivity contribution >= 4 is 5.95 Å². The van der Waals surface area contributed by atoms with Crippen LogP contribution in [0, 0.1) is 5.82 Å². The minimum Gasteiger partial charge on any atom is -0.351 e. The summed E-state index contributed by atoms with van der Waals surface area (Å²) in [6.07, 6.45) is 3.62. The molecule has 0 spiro atoms. The van der Waals surface area contributed by atoms with Gasteiger partial charge in [0.05, 0.1) is 0 Å². The van der Waals surface area contributed by atoms with Crippen LogP contribution in [0.5, 0.6) is 0 Å². The highest BCUT2D eigenvalue weighted by Gasteiger charge is 2.03. The first-order valence-corrected chi connectivity index (χ1v) is 5.29. The average molecular weight is 219 g/mol. The van der Waals surface area contributed by atoms with Crippen molar-refractivity contribution in [1.82, 2.24) is 9.55 Å². The van der Waals surface area contributed by atoms with E-state index in [9.17, 15) is 4.39 Å². The molecule has 2 rings (SSSR count). The predicted octanol–water partition coefficient (Wildman–Crippen LogP) is 2.65. The molecule has 1 heterocycles. The summed E-state index contributed by atoms with van der Waals surface area (Å²) in [5.41, 5.74) is 0.646. The second kappa shape index (κ2) is 4.79. The first kappa shape index (κ1) is 10.7. The molecule has 0 bridgehead atoms. The summed E-state index contributed by atoms with van der Waals surface area (Å²) >= 11 is 0. The molecule has 0 saturated carbocycles. The molecule has 1 N–H and O–H groups in total. The van der Waals surface area contributed by atoms with Gasteiger partial charge in [-0.2, -0.15) is 0 Å². The molecule has 0 amide bonds. The summed E-state index contributed by atoms with van der Waals surface area (Å²) in [5.74, 6) is 0.579. The molecule has 0 atom stereocenters. The lowest BCUT2D eigenvalue weighted by atomic mass is 10.2. The van der Waals surface area contributed by atoms with Crippen LogP contribution in [0.3, 0.4) is 0 Å². The summed E-state index contributed by atoms with van der Waals surface area (Å²) in [6, 6.07) is 6.74. The first-order chi connectivity index (χ1) is 7.81. The van der Waals surface area contributed by atoms with Crippen molar-refractivity contribution in [2.24, 2.45) is 0 Å². The van der Waals surface area contributed by atoms with Crippen molar-refractivity contribution in [2.75, 3.05) is 5.32 Å². The molecule has 0 aliphatic carbocycles. The van der Waals surface area contributed by atoms with Gasteiger partial charge in [-0.1, -0.05) is 18.2 Å². The van der Waals surface area contributed by atoms with Gasteiger partial charge in [-0.3, -0.25) is 0 Å². The zero-order chi connectivity index (χ0) is 11.4. The van der Waals surface area contributed by atoms with E-state index in [-0.39, 0.29) is 5.82 Å². The maximum Gasteiger partial charge on any atom is 0.203 e. The zero-order valence-corrected chi connectivity index (χ0v) is 9.15. The van der Waals surface area contributed by atoms with Crippen molar-refractivity contribution < 1.29 is 4.39 Å². The number of hydrogen-bond donors (Lipinski definition) is 1. The van der Waals surface area contributed by atoms with E-state index in [2.05, 4.69) is 10.3 Å². The lowest BCUT2D eigenvalue weighted by Crippen LogP contribution is -2.07. The lowest BCUT2D eigenvalue weighted by molar-refractivity contribution is 0.612. The maximum absolute atomic E-state index is 13.3. The van der Waals surface area contributed by atoms with Gasteiger partial charge in [0, 0.05) is 31.0 Å². The van der Waals surface area contributed by atoms with Crippen LogP contribution < -0.4 is 5.32 Å². The van der Waals surface area contributed by atoms with E-state index in [1.807, 2.05) is 23.8 Å². The Hall–Kier alpha value is -1.84. The SMILES string of the molecule is CCn1ccnc1NCc1ccccc1F. The third kappa shape index (κ3) is 2.21. The van der Waals surface area contributed by atoms with Crippen LogP contribution in [0.4, 0.5) is 10.3 Å². The monoisotopic (exact) mass is 219 g/mol. The van der Waals surface area contributed by atoms with E-state index < -0.39 is 0 Å². The van der Waals surface area contributed by atoms with Crippen molar-refractivity contribution in [3.63, 3.8) is 0 Å². The fourth-order valence-corrected chi connectivity index (χ4v) is 1.55. The summed E-state index contributed by atoms with van der Waals surface area (Å²) < 4.78 is 15.3. The second-order valence-corrected chi connectivity index (χ2v) is 3.48. The molecule has 0 aliphatic heterocycles. The van der Waals surface area contributed by atoms with E-state index in [1.54, 1.807) is 18.3 Å². The van der Waals surface area contributed by atoms with Crippen molar-refractivity contribution in [3.8, 4) is 0 Å². The Morgan fingerprint density at radius 1 is 1.38 bits per heavy atom. The van der Waals surface area contributed by atoms with Crippen LogP contribution in [-0.4, -0.2) is 9.55 Å². The van der Waals surface area contributed by atoms with Crippen molar-refractivity contribution in [1.29, 1.82) is 0 Å². The van der Waals surface area contributed by atoms with Crippen LogP contribution in [0.15, 0.2) is 36.7 Å². The molecule has 1 aromatic carbocycles. The fourth-order valence-electron chi connectivity index (χ4n) is 1.55. The highest BCUT2D eigenvalue weighted by molar-refractivity contribution is 5.29. The first-order valence-electron chi connectivity index (χ1n) is 5.29. The Morgan fingerprint density at radius 2 is 2.19 bits per heavy atom. The normalized spacial score (nSPS) is 10.4. The average Bonchev–Trinajstić information content (AvgIpc) is 2.75. The minimum absolute atomic E-state index is 0.190. The summed E-state index contributed by atoms with van der Waals surface area (Å²) in [5, 5.41) is 3.11. The summed E-state index contributed by atoms with van der Waals surface area (Å²) in [4.78, 5) is 4.16. The van der Waals surface area contributed by atoms with E-state index >= 15 is 0 Å². The van der Waals surface area contributed by atoms with Gasteiger partial charge in [0.1, 0.15) is 5.82 Å². The molecule has 0 aliphatic rings. The molecule has 0 saturated heterocycles. The molecule has 0 unspecified atom stereocenters. The predicted molar refractivity (Wildman–Crippen MR) is 61.6 cm³/mol. The molecule has 1 aromatic heterocycles. The number of benzene rings is 1. The molecular formula is C12H14FN3. The lowest BCUT2D eigenvalue weighted by Gasteiger charge is -2.08. The van der Waals surface area contributed by atoms with Gasteiger partial charge in [-0.25, -0.2) is 9.37 Å². The topological polar surface area (TPSA) is 29.9 Å². The Bertz CT molecular complexity index is 465. The van der Waals surface area contributed by atoms with Gasteiger partial charge in [-0.15, -0.1) is 0 Å². The van der Waals surface area contributed by atoms with Crippen molar-refractivity contribution in [3.05, 3.63) is 48.0 Å². The Balaban J connectivity index is 2.05. The van der Waals surface area contributed by atoms with Crippen LogP contribution >= 0.6 is 0 Å². The quantitative estimate of drug-likeness (QED) is 0.856. The van der Waals surface area contributed by atoms with E-state index in [4.69, 9.17) is 0 Å². The van der Waals surface area contributed by atoms with Crippen LogP contribution in [0.25, 0.3) is 0 Å². The number of rotatable bonds is 4. The third-order valence-corrected chi connectivity index (χ3v) is 2.45. The van der Waals surface area contributed by atoms with Crippen LogP contribution in [-0.2, 0) is 13.1 Å².